The topological polar surface area (TPSA) is 25.2 Å². The Morgan fingerprint density at radius 3 is 2.45 bits per heavy atom. The Morgan fingerprint density at radius 1 is 1.15 bits per heavy atom. The number of hydrogen-bond donors (Lipinski definition) is 1. The predicted molar refractivity (Wildman–Crippen MR) is 86.2 cm³/mol. The first-order chi connectivity index (χ1) is 9.32. The van der Waals surface area contributed by atoms with Crippen LogP contribution in [0.2, 0.25) is 0 Å². The van der Waals surface area contributed by atoms with Crippen LogP contribution in [-0.4, -0.2) is 6.54 Å². The predicted octanol–water partition coefficient (Wildman–Crippen LogP) is 5.14. The van der Waals surface area contributed by atoms with Gasteiger partial charge < -0.3 is 9.73 Å². The van der Waals surface area contributed by atoms with Crippen molar-refractivity contribution in [1.82, 2.24) is 5.32 Å². The van der Waals surface area contributed by atoms with Crippen molar-refractivity contribution in [1.29, 1.82) is 0 Å². The van der Waals surface area contributed by atoms with E-state index < -0.39 is 0 Å². The van der Waals surface area contributed by atoms with Crippen molar-refractivity contribution in [2.24, 2.45) is 5.41 Å². The van der Waals surface area contributed by atoms with E-state index in [1.54, 1.807) is 0 Å². The Labute approximate surface area is 122 Å². The molecule has 0 amide bonds. The lowest BCUT2D eigenvalue weighted by Gasteiger charge is -2.30. The molecule has 0 saturated carbocycles. The van der Waals surface area contributed by atoms with E-state index in [-0.39, 0.29) is 11.5 Å². The molecule has 110 valence electrons. The Morgan fingerprint density at radius 2 is 1.85 bits per heavy atom. The third-order valence-electron chi connectivity index (χ3n) is 3.71. The number of furan rings is 1. The largest absolute Gasteiger partial charge is 0.459 e. The van der Waals surface area contributed by atoms with Crippen LogP contribution >= 0.6 is 0 Å². The smallest absolute Gasteiger partial charge is 0.137 e. The van der Waals surface area contributed by atoms with E-state index in [0.29, 0.717) is 0 Å². The fourth-order valence-electron chi connectivity index (χ4n) is 2.80. The van der Waals surface area contributed by atoms with Gasteiger partial charge in [-0.2, -0.15) is 0 Å². The summed E-state index contributed by atoms with van der Waals surface area (Å²) in [4.78, 5) is 0. The zero-order valence-corrected chi connectivity index (χ0v) is 13.6. The molecule has 1 aromatic carbocycles. The molecule has 20 heavy (non-hydrogen) atoms. The molecule has 0 saturated heterocycles. The number of rotatable bonds is 4. The van der Waals surface area contributed by atoms with Crippen molar-refractivity contribution < 1.29 is 4.42 Å². The third-order valence-corrected chi connectivity index (χ3v) is 3.71. The fourth-order valence-corrected chi connectivity index (χ4v) is 2.80. The Balaban J connectivity index is 2.46. The molecule has 0 spiro atoms. The van der Waals surface area contributed by atoms with Crippen molar-refractivity contribution in [3.05, 3.63) is 35.1 Å². The number of nitrogens with one attached hydrogen (secondary N) is 1. The van der Waals surface area contributed by atoms with Crippen molar-refractivity contribution in [3.63, 3.8) is 0 Å². The second kappa shape index (κ2) is 5.61. The molecule has 1 unspecified atom stereocenters. The minimum atomic E-state index is 0.131. The standard InChI is InChI=1S/C18H27NO/c1-7-8-19-17(18(4,5)6)15-11-14-10-12(2)9-13(3)16(14)20-15/h9-11,17,19H,7-8H2,1-6H3. The van der Waals surface area contributed by atoms with Crippen molar-refractivity contribution in [3.8, 4) is 0 Å². The summed E-state index contributed by atoms with van der Waals surface area (Å²) < 4.78 is 6.18. The van der Waals surface area contributed by atoms with Gasteiger partial charge in [-0.15, -0.1) is 0 Å². The molecule has 1 N–H and O–H groups in total. The van der Waals surface area contributed by atoms with Crippen LogP contribution in [0.5, 0.6) is 0 Å². The highest BCUT2D eigenvalue weighted by molar-refractivity contribution is 5.82. The maximum atomic E-state index is 6.18. The highest BCUT2D eigenvalue weighted by Gasteiger charge is 2.28. The quantitative estimate of drug-likeness (QED) is 0.834. The SMILES string of the molecule is CCCNC(c1cc2cc(C)cc(C)c2o1)C(C)(C)C. The maximum Gasteiger partial charge on any atom is 0.137 e. The number of hydrogen-bond acceptors (Lipinski definition) is 2. The number of fused-ring (bicyclic) bond motifs is 1. The molecule has 1 atom stereocenters. The van der Waals surface area contributed by atoms with Gasteiger partial charge in [0.25, 0.3) is 0 Å². The van der Waals surface area contributed by atoms with Crippen molar-refractivity contribution in [2.75, 3.05) is 6.54 Å². The molecule has 1 heterocycles. The molecule has 2 aromatic rings. The van der Waals surface area contributed by atoms with Crippen LogP contribution in [0.15, 0.2) is 22.6 Å². The molecular weight excluding hydrogens is 246 g/mol. The van der Waals surface area contributed by atoms with E-state index in [2.05, 4.69) is 65.1 Å². The molecule has 0 bridgehead atoms. The number of aryl methyl sites for hydroxylation is 2. The summed E-state index contributed by atoms with van der Waals surface area (Å²) in [6.45, 7) is 14.2. The van der Waals surface area contributed by atoms with Gasteiger partial charge in [0.1, 0.15) is 11.3 Å². The van der Waals surface area contributed by atoms with Crippen LogP contribution in [-0.2, 0) is 0 Å². The molecule has 0 fully saturated rings. The molecule has 1 aromatic heterocycles. The lowest BCUT2D eigenvalue weighted by molar-refractivity contribution is 0.241. The van der Waals surface area contributed by atoms with E-state index in [0.717, 1.165) is 24.3 Å². The Kier molecular flexibility index (Phi) is 4.24. The molecule has 2 heteroatoms. The van der Waals surface area contributed by atoms with Crippen molar-refractivity contribution >= 4 is 11.0 Å². The molecule has 0 aliphatic carbocycles. The average molecular weight is 273 g/mol. The van der Waals surface area contributed by atoms with Gasteiger partial charge >= 0.3 is 0 Å². The lowest BCUT2D eigenvalue weighted by atomic mass is 9.85. The van der Waals surface area contributed by atoms with E-state index in [4.69, 9.17) is 4.42 Å². The minimum absolute atomic E-state index is 0.131. The van der Waals surface area contributed by atoms with Crippen LogP contribution in [0, 0.1) is 19.3 Å². The summed E-state index contributed by atoms with van der Waals surface area (Å²) in [5.41, 5.74) is 3.66. The molecule has 2 nitrogen and oxygen atoms in total. The summed E-state index contributed by atoms with van der Waals surface area (Å²) in [5.74, 6) is 1.05. The zero-order chi connectivity index (χ0) is 14.9. The van der Waals surface area contributed by atoms with E-state index in [1.807, 2.05) is 0 Å². The molecule has 2 rings (SSSR count). The van der Waals surface area contributed by atoms with Gasteiger partial charge in [-0.25, -0.2) is 0 Å². The first-order valence-electron chi connectivity index (χ1n) is 7.57. The third kappa shape index (κ3) is 3.06. The Bertz CT molecular complexity index is 589. The van der Waals surface area contributed by atoms with Gasteiger partial charge in [-0.1, -0.05) is 39.3 Å². The molecule has 0 aliphatic heterocycles. The summed E-state index contributed by atoms with van der Waals surface area (Å²) in [6, 6.07) is 6.83. The highest BCUT2D eigenvalue weighted by atomic mass is 16.3. The fraction of sp³-hybridized carbons (Fsp3) is 0.556. The molecular formula is C18H27NO. The lowest BCUT2D eigenvalue weighted by Crippen LogP contribution is -2.32. The van der Waals surface area contributed by atoms with E-state index >= 15 is 0 Å². The molecule has 0 radical (unpaired) electrons. The minimum Gasteiger partial charge on any atom is -0.459 e. The van der Waals surface area contributed by atoms with Crippen LogP contribution in [0.1, 0.15) is 57.0 Å². The van der Waals surface area contributed by atoms with Crippen LogP contribution in [0.3, 0.4) is 0 Å². The van der Waals surface area contributed by atoms with Gasteiger partial charge in [-0.05, 0) is 49.9 Å². The summed E-state index contributed by atoms with van der Waals surface area (Å²) in [7, 11) is 0. The van der Waals surface area contributed by atoms with Crippen LogP contribution in [0.4, 0.5) is 0 Å². The summed E-state index contributed by atoms with van der Waals surface area (Å²) in [5, 5.41) is 4.84. The average Bonchev–Trinajstić information content (AvgIpc) is 2.71. The van der Waals surface area contributed by atoms with Gasteiger partial charge in [0, 0.05) is 5.39 Å². The Hall–Kier alpha value is -1.28. The van der Waals surface area contributed by atoms with Gasteiger partial charge in [0.2, 0.25) is 0 Å². The summed E-state index contributed by atoms with van der Waals surface area (Å²) >= 11 is 0. The zero-order valence-electron chi connectivity index (χ0n) is 13.6. The van der Waals surface area contributed by atoms with Gasteiger partial charge in [0.15, 0.2) is 0 Å². The van der Waals surface area contributed by atoms with Crippen molar-refractivity contribution in [2.45, 2.75) is 54.0 Å². The number of benzene rings is 1. The summed E-state index contributed by atoms with van der Waals surface area (Å²) in [6.07, 6.45) is 1.13. The monoisotopic (exact) mass is 273 g/mol. The van der Waals surface area contributed by atoms with E-state index in [9.17, 15) is 0 Å². The van der Waals surface area contributed by atoms with E-state index in [1.165, 1.54) is 16.5 Å². The van der Waals surface area contributed by atoms with Gasteiger partial charge in [-0.3, -0.25) is 0 Å². The second-order valence-corrected chi connectivity index (χ2v) is 6.90. The van der Waals surface area contributed by atoms with Crippen LogP contribution < -0.4 is 5.32 Å². The molecule has 0 aliphatic rings. The first-order valence-corrected chi connectivity index (χ1v) is 7.57. The first kappa shape index (κ1) is 15.1. The normalized spacial score (nSPS) is 13.9. The van der Waals surface area contributed by atoms with Crippen LogP contribution in [0.25, 0.3) is 11.0 Å². The maximum absolute atomic E-state index is 6.18. The van der Waals surface area contributed by atoms with Gasteiger partial charge in [0.05, 0.1) is 6.04 Å². The highest BCUT2D eigenvalue weighted by Crippen LogP contribution is 2.36. The second-order valence-electron chi connectivity index (χ2n) is 6.90.